The maximum absolute atomic E-state index is 14.2. The van der Waals surface area contributed by atoms with Crippen LogP contribution >= 0.6 is 11.8 Å². The number of likely N-dealkylation sites (tertiary alicyclic amines) is 1. The lowest BCUT2D eigenvalue weighted by Crippen LogP contribution is -2.54. The Morgan fingerprint density at radius 3 is 2.52 bits per heavy atom. The van der Waals surface area contributed by atoms with Crippen LogP contribution in [0.4, 0.5) is 5.69 Å². The molecule has 5 rings (SSSR count). The van der Waals surface area contributed by atoms with Crippen molar-refractivity contribution in [1.82, 2.24) is 4.90 Å². The van der Waals surface area contributed by atoms with Crippen molar-refractivity contribution in [3.05, 3.63) is 53.6 Å². The second-order valence-electron chi connectivity index (χ2n) is 9.38. The summed E-state index contributed by atoms with van der Waals surface area (Å²) in [5.74, 6) is -2.32. The van der Waals surface area contributed by atoms with Crippen LogP contribution in [0.2, 0.25) is 0 Å². The maximum Gasteiger partial charge on any atom is 0.311 e. The van der Waals surface area contributed by atoms with Gasteiger partial charge >= 0.3 is 5.97 Å². The van der Waals surface area contributed by atoms with E-state index in [1.165, 1.54) is 16.7 Å². The molecular formula is C25H28N2O5S. The molecule has 8 heteroatoms. The fourth-order valence-electron chi connectivity index (χ4n) is 6.14. The Labute approximate surface area is 197 Å². The maximum atomic E-state index is 14.2. The number of hydrogen-bond donors (Lipinski definition) is 1. The number of ether oxygens (including phenoxy) is 1. The minimum Gasteiger partial charge on any atom is -0.461 e. The number of nitrogens with zero attached hydrogens (tertiary/aromatic N) is 2. The number of aliphatic hydroxyl groups is 1. The first-order valence-corrected chi connectivity index (χ1v) is 12.1. The Balaban J connectivity index is 1.68. The molecule has 0 saturated carbocycles. The Kier molecular flexibility index (Phi) is 5.21. The molecule has 1 unspecified atom stereocenters. The third-order valence-electron chi connectivity index (χ3n) is 7.36. The lowest BCUT2D eigenvalue weighted by atomic mass is 9.75. The zero-order valence-electron chi connectivity index (χ0n) is 19.0. The van der Waals surface area contributed by atoms with Gasteiger partial charge in [-0.15, -0.1) is 11.8 Å². The number of carbonyl (C=O) groups excluding carboxylic acids is 3. The minimum atomic E-state index is -0.922. The van der Waals surface area contributed by atoms with Crippen LogP contribution in [0.1, 0.15) is 18.1 Å². The quantitative estimate of drug-likeness (QED) is 0.539. The Bertz CT molecular complexity index is 1080. The molecule has 33 heavy (non-hydrogen) atoms. The van der Waals surface area contributed by atoms with Gasteiger partial charge in [0.1, 0.15) is 12.6 Å². The number of aliphatic hydroxyl groups excluding tert-OH is 1. The van der Waals surface area contributed by atoms with Crippen LogP contribution in [-0.4, -0.2) is 69.6 Å². The van der Waals surface area contributed by atoms with Crippen LogP contribution < -0.4 is 4.90 Å². The summed E-state index contributed by atoms with van der Waals surface area (Å²) >= 11 is 1.51. The molecule has 2 amide bonds. The number of aryl methyl sites for hydroxylation is 2. The van der Waals surface area contributed by atoms with Crippen LogP contribution in [0.5, 0.6) is 0 Å². The lowest BCUT2D eigenvalue weighted by molar-refractivity contribution is -0.152. The molecule has 4 aliphatic heterocycles. The molecule has 0 aliphatic carbocycles. The number of esters is 1. The summed E-state index contributed by atoms with van der Waals surface area (Å²) in [6.45, 7) is 6.22. The molecule has 1 aromatic carbocycles. The van der Waals surface area contributed by atoms with E-state index in [1.807, 2.05) is 63.3 Å². The van der Waals surface area contributed by atoms with Crippen LogP contribution in [0.15, 0.2) is 42.5 Å². The third kappa shape index (κ3) is 3.03. The molecule has 0 aromatic heterocycles. The van der Waals surface area contributed by atoms with E-state index in [9.17, 15) is 19.5 Å². The van der Waals surface area contributed by atoms with Crippen molar-refractivity contribution in [3.8, 4) is 0 Å². The van der Waals surface area contributed by atoms with E-state index < -0.39 is 33.3 Å². The van der Waals surface area contributed by atoms with Crippen molar-refractivity contribution >= 4 is 35.2 Å². The van der Waals surface area contributed by atoms with Crippen LogP contribution in [0.3, 0.4) is 0 Å². The second kappa shape index (κ2) is 7.74. The average molecular weight is 469 g/mol. The van der Waals surface area contributed by atoms with Crippen molar-refractivity contribution < 1.29 is 24.2 Å². The largest absolute Gasteiger partial charge is 0.461 e. The molecule has 4 aliphatic rings. The Morgan fingerprint density at radius 1 is 1.09 bits per heavy atom. The van der Waals surface area contributed by atoms with Gasteiger partial charge in [0.05, 0.1) is 23.2 Å². The first-order chi connectivity index (χ1) is 15.7. The van der Waals surface area contributed by atoms with E-state index in [0.29, 0.717) is 6.54 Å². The van der Waals surface area contributed by atoms with E-state index >= 15 is 0 Å². The number of benzene rings is 1. The summed E-state index contributed by atoms with van der Waals surface area (Å²) in [5.41, 5.74) is 2.79. The molecule has 0 bridgehead atoms. The molecule has 2 saturated heterocycles. The van der Waals surface area contributed by atoms with Gasteiger partial charge < -0.3 is 19.6 Å². The SMILES string of the molecule is Cc1cccc(C)c1N1CC=C[C@]23S[C@]4(C)C=CCOC(=O)[C@@H]4[C@H]2C(=O)N(CCO)C3C1=O. The number of rotatable bonds is 3. The van der Waals surface area contributed by atoms with Crippen LogP contribution in [-0.2, 0) is 19.1 Å². The highest BCUT2D eigenvalue weighted by Crippen LogP contribution is 2.65. The molecular weight excluding hydrogens is 440 g/mol. The highest BCUT2D eigenvalue weighted by atomic mass is 32.2. The normalized spacial score (nSPS) is 35.2. The van der Waals surface area contributed by atoms with Gasteiger partial charge in [-0.3, -0.25) is 14.4 Å². The summed E-state index contributed by atoms with van der Waals surface area (Å²) in [5, 5.41) is 9.76. The van der Waals surface area contributed by atoms with E-state index in [1.54, 1.807) is 4.90 Å². The molecule has 2 fully saturated rings. The van der Waals surface area contributed by atoms with Gasteiger partial charge in [-0.25, -0.2) is 0 Å². The molecule has 1 aromatic rings. The third-order valence-corrected chi connectivity index (χ3v) is 9.16. The number of amides is 2. The van der Waals surface area contributed by atoms with Crippen molar-refractivity contribution in [2.45, 2.75) is 36.3 Å². The molecule has 1 spiro atoms. The predicted molar refractivity (Wildman–Crippen MR) is 126 cm³/mol. The summed E-state index contributed by atoms with van der Waals surface area (Å²) in [6.07, 6.45) is 7.68. The zero-order chi connectivity index (χ0) is 23.5. The van der Waals surface area contributed by atoms with E-state index in [-0.39, 0.29) is 31.6 Å². The van der Waals surface area contributed by atoms with Crippen molar-refractivity contribution in [2.24, 2.45) is 11.8 Å². The summed E-state index contributed by atoms with van der Waals surface area (Å²) in [7, 11) is 0. The van der Waals surface area contributed by atoms with Gasteiger partial charge in [0.2, 0.25) is 5.91 Å². The van der Waals surface area contributed by atoms with Gasteiger partial charge in [0.15, 0.2) is 0 Å². The zero-order valence-corrected chi connectivity index (χ0v) is 19.8. The molecule has 4 heterocycles. The number of hydrogen-bond acceptors (Lipinski definition) is 6. The summed E-state index contributed by atoms with van der Waals surface area (Å²) in [6, 6.07) is 5.08. The molecule has 174 valence electrons. The van der Waals surface area contributed by atoms with Crippen LogP contribution in [0, 0.1) is 25.7 Å². The van der Waals surface area contributed by atoms with Gasteiger partial charge in [0, 0.05) is 23.5 Å². The molecule has 7 nitrogen and oxygen atoms in total. The van der Waals surface area contributed by atoms with Crippen LogP contribution in [0.25, 0.3) is 0 Å². The fourth-order valence-corrected chi connectivity index (χ4v) is 8.29. The topological polar surface area (TPSA) is 87.2 Å². The number of carbonyl (C=O) groups is 3. The van der Waals surface area contributed by atoms with Gasteiger partial charge in [-0.2, -0.15) is 0 Å². The van der Waals surface area contributed by atoms with Gasteiger partial charge in [0.25, 0.3) is 5.91 Å². The van der Waals surface area contributed by atoms with E-state index in [2.05, 4.69) is 0 Å². The number of cyclic esters (lactones) is 1. The first kappa shape index (κ1) is 22.2. The molecule has 0 radical (unpaired) electrons. The number of β-amino-alcohol motifs (C(OH)–C–C–N with tert-alkyl or cyclic N) is 1. The predicted octanol–water partition coefficient (Wildman–Crippen LogP) is 2.00. The van der Waals surface area contributed by atoms with Gasteiger partial charge in [-0.05, 0) is 38.0 Å². The van der Waals surface area contributed by atoms with Crippen molar-refractivity contribution in [3.63, 3.8) is 0 Å². The average Bonchev–Trinajstić information content (AvgIpc) is 3.01. The number of anilines is 1. The van der Waals surface area contributed by atoms with Crippen molar-refractivity contribution in [2.75, 3.05) is 31.2 Å². The number of thioether (sulfide) groups is 1. The molecule has 1 N–H and O–H groups in total. The minimum absolute atomic E-state index is 0.0385. The highest BCUT2D eigenvalue weighted by Gasteiger charge is 2.74. The summed E-state index contributed by atoms with van der Waals surface area (Å²) in [4.78, 5) is 44.3. The van der Waals surface area contributed by atoms with Crippen molar-refractivity contribution in [1.29, 1.82) is 0 Å². The molecule has 5 atom stereocenters. The summed E-state index contributed by atoms with van der Waals surface area (Å²) < 4.78 is 3.82. The Hall–Kier alpha value is -2.58. The van der Waals surface area contributed by atoms with Gasteiger partial charge in [-0.1, -0.05) is 36.4 Å². The van der Waals surface area contributed by atoms with E-state index in [4.69, 9.17) is 4.74 Å². The second-order valence-corrected chi connectivity index (χ2v) is 11.2. The number of fused-ring (bicyclic) bond motifs is 2. The monoisotopic (exact) mass is 468 g/mol. The number of para-hydroxylation sites is 1. The highest BCUT2D eigenvalue weighted by molar-refractivity contribution is 8.02. The first-order valence-electron chi connectivity index (χ1n) is 11.3. The Morgan fingerprint density at radius 2 is 1.82 bits per heavy atom. The standard InChI is InChI=1S/C25H28N2O5S/c1-15-7-4-8-16(2)19(15)26-11-5-10-25-17(21(29)27(12-13-28)20(25)22(26)30)18-23(31)32-14-6-9-24(18,3)33-25/h4-10,17-18,20,28H,11-14H2,1-3H3/t17-,18-,20?,24+,25-/m0/s1. The van der Waals surface area contributed by atoms with E-state index in [0.717, 1.165) is 16.8 Å². The fraction of sp³-hybridized carbons (Fsp3) is 0.480. The lowest BCUT2D eigenvalue weighted by Gasteiger charge is -2.37. The smallest absolute Gasteiger partial charge is 0.311 e.